The van der Waals surface area contributed by atoms with E-state index in [4.69, 9.17) is 10.7 Å². The SMILES string of the molecule is Cl.Nc1cccc2nc(C3CCNCC3)sc12. The van der Waals surface area contributed by atoms with E-state index in [-0.39, 0.29) is 12.4 Å². The van der Waals surface area contributed by atoms with E-state index in [0.717, 1.165) is 29.0 Å². The Morgan fingerprint density at radius 1 is 1.29 bits per heavy atom. The Hall–Kier alpha value is -0.840. The van der Waals surface area contributed by atoms with Crippen LogP contribution in [0.25, 0.3) is 10.2 Å². The van der Waals surface area contributed by atoms with Gasteiger partial charge in [0.05, 0.1) is 20.9 Å². The fourth-order valence-electron chi connectivity index (χ4n) is 2.23. The summed E-state index contributed by atoms with van der Waals surface area (Å²) in [5, 5.41) is 4.64. The fraction of sp³-hybridized carbons (Fsp3) is 0.417. The minimum absolute atomic E-state index is 0. The zero-order valence-corrected chi connectivity index (χ0v) is 11.1. The van der Waals surface area contributed by atoms with Crippen molar-refractivity contribution < 1.29 is 0 Å². The molecule has 1 aromatic carbocycles. The Balaban J connectivity index is 0.00000108. The van der Waals surface area contributed by atoms with Crippen molar-refractivity contribution in [2.75, 3.05) is 18.8 Å². The lowest BCUT2D eigenvalue weighted by Gasteiger charge is -2.20. The van der Waals surface area contributed by atoms with Crippen molar-refractivity contribution in [2.45, 2.75) is 18.8 Å². The second-order valence-electron chi connectivity index (χ2n) is 4.27. The average molecular weight is 270 g/mol. The number of piperidine rings is 1. The molecule has 2 heterocycles. The fourth-order valence-corrected chi connectivity index (χ4v) is 3.39. The molecule has 3 N–H and O–H groups in total. The lowest BCUT2D eigenvalue weighted by atomic mass is 9.99. The first-order chi connectivity index (χ1) is 7.84. The number of benzene rings is 1. The van der Waals surface area contributed by atoms with Crippen molar-refractivity contribution in [3.05, 3.63) is 23.2 Å². The van der Waals surface area contributed by atoms with Crippen LogP contribution in [0, 0.1) is 0 Å². The van der Waals surface area contributed by atoms with Gasteiger partial charge in [-0.25, -0.2) is 4.98 Å². The first kappa shape index (κ1) is 12.6. The molecule has 3 rings (SSSR count). The quantitative estimate of drug-likeness (QED) is 0.783. The minimum Gasteiger partial charge on any atom is -0.398 e. The smallest absolute Gasteiger partial charge is 0.0971 e. The summed E-state index contributed by atoms with van der Waals surface area (Å²) in [6.45, 7) is 2.21. The van der Waals surface area contributed by atoms with Crippen molar-refractivity contribution in [3.8, 4) is 0 Å². The van der Waals surface area contributed by atoms with E-state index in [2.05, 4.69) is 5.32 Å². The molecule has 3 nitrogen and oxygen atoms in total. The number of halogens is 1. The van der Waals surface area contributed by atoms with Gasteiger partial charge < -0.3 is 11.1 Å². The third kappa shape index (κ3) is 2.39. The molecule has 1 aliphatic rings. The summed E-state index contributed by atoms with van der Waals surface area (Å²) >= 11 is 1.77. The van der Waals surface area contributed by atoms with E-state index in [1.807, 2.05) is 18.2 Å². The summed E-state index contributed by atoms with van der Waals surface area (Å²) in [5.74, 6) is 0.623. The molecule has 0 aliphatic carbocycles. The molecule has 0 radical (unpaired) electrons. The highest BCUT2D eigenvalue weighted by Gasteiger charge is 2.19. The Kier molecular flexibility index (Phi) is 3.86. The Labute approximate surface area is 111 Å². The summed E-state index contributed by atoms with van der Waals surface area (Å²) in [6, 6.07) is 5.98. The van der Waals surface area contributed by atoms with Crippen LogP contribution in [-0.4, -0.2) is 18.1 Å². The predicted octanol–water partition coefficient (Wildman–Crippen LogP) is 2.77. The number of nitrogen functional groups attached to an aromatic ring is 1. The van der Waals surface area contributed by atoms with Crippen LogP contribution in [0.2, 0.25) is 0 Å². The third-order valence-corrected chi connectivity index (χ3v) is 4.43. The molecule has 1 fully saturated rings. The monoisotopic (exact) mass is 269 g/mol. The number of thiazole rings is 1. The predicted molar refractivity (Wildman–Crippen MR) is 76.1 cm³/mol. The van der Waals surface area contributed by atoms with Crippen molar-refractivity contribution in [1.29, 1.82) is 0 Å². The number of nitrogens with two attached hydrogens (primary N) is 1. The number of anilines is 1. The molecule has 0 spiro atoms. The van der Waals surface area contributed by atoms with Crippen molar-refractivity contribution in [3.63, 3.8) is 0 Å². The minimum atomic E-state index is 0. The maximum atomic E-state index is 5.96. The van der Waals surface area contributed by atoms with Gasteiger partial charge in [-0.05, 0) is 38.1 Å². The molecule has 1 saturated heterocycles. The molecule has 0 unspecified atom stereocenters. The Bertz CT molecular complexity index is 505. The molecular weight excluding hydrogens is 254 g/mol. The molecule has 5 heteroatoms. The van der Waals surface area contributed by atoms with Crippen LogP contribution in [0.15, 0.2) is 18.2 Å². The van der Waals surface area contributed by atoms with E-state index in [0.29, 0.717) is 5.92 Å². The Morgan fingerprint density at radius 3 is 2.76 bits per heavy atom. The summed E-state index contributed by atoms with van der Waals surface area (Å²) in [6.07, 6.45) is 2.39. The average Bonchev–Trinajstić information content (AvgIpc) is 2.76. The molecule has 0 bridgehead atoms. The topological polar surface area (TPSA) is 50.9 Å². The van der Waals surface area contributed by atoms with Gasteiger partial charge in [-0.3, -0.25) is 0 Å². The number of nitrogens with one attached hydrogen (secondary N) is 1. The number of hydrogen-bond donors (Lipinski definition) is 2. The number of aromatic nitrogens is 1. The van der Waals surface area contributed by atoms with Gasteiger partial charge in [-0.15, -0.1) is 23.7 Å². The van der Waals surface area contributed by atoms with Gasteiger partial charge in [-0.1, -0.05) is 6.07 Å². The lowest BCUT2D eigenvalue weighted by molar-refractivity contribution is 0.459. The summed E-state index contributed by atoms with van der Waals surface area (Å²) in [5.41, 5.74) is 7.87. The molecule has 0 amide bonds. The van der Waals surface area contributed by atoms with Crippen LogP contribution in [0.5, 0.6) is 0 Å². The van der Waals surface area contributed by atoms with Crippen LogP contribution >= 0.6 is 23.7 Å². The van der Waals surface area contributed by atoms with Crippen LogP contribution < -0.4 is 11.1 Å². The number of fused-ring (bicyclic) bond motifs is 1. The van der Waals surface area contributed by atoms with Gasteiger partial charge in [0.2, 0.25) is 0 Å². The van der Waals surface area contributed by atoms with Gasteiger partial charge in [0.15, 0.2) is 0 Å². The number of hydrogen-bond acceptors (Lipinski definition) is 4. The van der Waals surface area contributed by atoms with Crippen LogP contribution in [-0.2, 0) is 0 Å². The van der Waals surface area contributed by atoms with Gasteiger partial charge >= 0.3 is 0 Å². The van der Waals surface area contributed by atoms with E-state index >= 15 is 0 Å². The molecule has 92 valence electrons. The number of rotatable bonds is 1. The number of nitrogens with zero attached hydrogens (tertiary/aromatic N) is 1. The summed E-state index contributed by atoms with van der Waals surface area (Å²) in [7, 11) is 0. The molecule has 17 heavy (non-hydrogen) atoms. The summed E-state index contributed by atoms with van der Waals surface area (Å²) in [4.78, 5) is 4.71. The van der Waals surface area contributed by atoms with Crippen molar-refractivity contribution >= 4 is 39.6 Å². The van der Waals surface area contributed by atoms with Gasteiger partial charge in [0, 0.05) is 5.92 Å². The van der Waals surface area contributed by atoms with Crippen LogP contribution in [0.1, 0.15) is 23.8 Å². The normalized spacial score (nSPS) is 16.9. The zero-order chi connectivity index (χ0) is 11.0. The molecule has 2 aromatic rings. The maximum Gasteiger partial charge on any atom is 0.0971 e. The second-order valence-corrected chi connectivity index (χ2v) is 5.30. The summed E-state index contributed by atoms with van der Waals surface area (Å²) < 4.78 is 1.15. The van der Waals surface area contributed by atoms with E-state index in [1.165, 1.54) is 17.8 Å². The van der Waals surface area contributed by atoms with Crippen LogP contribution in [0.3, 0.4) is 0 Å². The van der Waals surface area contributed by atoms with Gasteiger partial charge in [0.1, 0.15) is 0 Å². The van der Waals surface area contributed by atoms with Gasteiger partial charge in [0.25, 0.3) is 0 Å². The second kappa shape index (κ2) is 5.21. The lowest BCUT2D eigenvalue weighted by Crippen LogP contribution is -2.26. The van der Waals surface area contributed by atoms with Crippen molar-refractivity contribution in [1.82, 2.24) is 10.3 Å². The third-order valence-electron chi connectivity index (χ3n) is 3.15. The molecule has 0 saturated carbocycles. The van der Waals surface area contributed by atoms with E-state index < -0.39 is 0 Å². The highest BCUT2D eigenvalue weighted by atomic mass is 35.5. The molecule has 1 aromatic heterocycles. The Morgan fingerprint density at radius 2 is 2.06 bits per heavy atom. The van der Waals surface area contributed by atoms with Gasteiger partial charge in [-0.2, -0.15) is 0 Å². The first-order valence-electron chi connectivity index (χ1n) is 5.70. The highest BCUT2D eigenvalue weighted by molar-refractivity contribution is 7.19. The highest BCUT2D eigenvalue weighted by Crippen LogP contribution is 2.34. The zero-order valence-electron chi connectivity index (χ0n) is 9.48. The first-order valence-corrected chi connectivity index (χ1v) is 6.52. The molecular formula is C12H16ClN3S. The maximum absolute atomic E-state index is 5.96. The van der Waals surface area contributed by atoms with Crippen LogP contribution in [0.4, 0.5) is 5.69 Å². The van der Waals surface area contributed by atoms with E-state index in [1.54, 1.807) is 11.3 Å². The molecule has 1 aliphatic heterocycles. The van der Waals surface area contributed by atoms with E-state index in [9.17, 15) is 0 Å². The largest absolute Gasteiger partial charge is 0.398 e. The standard InChI is InChI=1S/C12H15N3S.ClH/c13-9-2-1-3-10-11(9)16-12(15-10)8-4-6-14-7-5-8;/h1-3,8,14H,4-7,13H2;1H. The van der Waals surface area contributed by atoms with Crippen molar-refractivity contribution in [2.24, 2.45) is 0 Å². The molecule has 0 atom stereocenters.